The van der Waals surface area contributed by atoms with Crippen LogP contribution in [0.1, 0.15) is 106 Å². The summed E-state index contributed by atoms with van der Waals surface area (Å²) in [7, 11) is 0. The molecule has 3 atom stereocenters. The fourth-order valence-corrected chi connectivity index (χ4v) is 11.0. The molecule has 10 rings (SSSR count). The van der Waals surface area contributed by atoms with Gasteiger partial charge in [-0.1, -0.05) is 143 Å². The first-order valence-corrected chi connectivity index (χ1v) is 20.5. The zero-order chi connectivity index (χ0) is 35.5. The van der Waals surface area contributed by atoms with E-state index in [0.29, 0.717) is 5.92 Å². The first-order chi connectivity index (χ1) is 26.0. The van der Waals surface area contributed by atoms with E-state index in [9.17, 15) is 0 Å². The van der Waals surface area contributed by atoms with Gasteiger partial charge in [0.05, 0.1) is 5.69 Å². The Balaban J connectivity index is 1.11. The highest BCUT2D eigenvalue weighted by Gasteiger charge is 2.40. The average Bonchev–Trinajstić information content (AvgIpc) is 3.92. The van der Waals surface area contributed by atoms with Gasteiger partial charge in [0.25, 0.3) is 0 Å². The summed E-state index contributed by atoms with van der Waals surface area (Å²) < 4.78 is 0. The highest BCUT2D eigenvalue weighted by Crippen LogP contribution is 2.55. The molecule has 0 spiro atoms. The Bertz CT molecular complexity index is 2270. The van der Waals surface area contributed by atoms with E-state index >= 15 is 0 Å². The minimum Gasteiger partial charge on any atom is -0.310 e. The van der Waals surface area contributed by atoms with Gasteiger partial charge < -0.3 is 4.90 Å². The second kappa shape index (κ2) is 13.2. The number of nitrogens with zero attached hydrogens (tertiary/aromatic N) is 1. The summed E-state index contributed by atoms with van der Waals surface area (Å²) in [5, 5.41) is 0. The summed E-state index contributed by atoms with van der Waals surface area (Å²) in [6.45, 7) is 4.82. The fourth-order valence-electron chi connectivity index (χ4n) is 11.0. The normalized spacial score (nSPS) is 21.4. The van der Waals surface area contributed by atoms with Crippen LogP contribution in [0, 0.1) is 11.8 Å². The van der Waals surface area contributed by atoms with Gasteiger partial charge in [-0.2, -0.15) is 0 Å². The Kier molecular flexibility index (Phi) is 8.16. The van der Waals surface area contributed by atoms with Gasteiger partial charge in [0.2, 0.25) is 0 Å². The van der Waals surface area contributed by atoms with Crippen LogP contribution in [0.15, 0.2) is 140 Å². The van der Waals surface area contributed by atoms with Gasteiger partial charge in [0, 0.05) is 22.4 Å². The van der Waals surface area contributed by atoms with Crippen LogP contribution in [-0.2, 0) is 5.41 Å². The Morgan fingerprint density at radius 3 is 2.02 bits per heavy atom. The van der Waals surface area contributed by atoms with Crippen molar-refractivity contribution in [3.63, 3.8) is 0 Å². The minimum absolute atomic E-state index is 0.111. The molecule has 6 aromatic carbocycles. The van der Waals surface area contributed by atoms with Crippen molar-refractivity contribution in [2.24, 2.45) is 11.8 Å². The lowest BCUT2D eigenvalue weighted by atomic mass is 9.80. The molecule has 6 aromatic rings. The summed E-state index contributed by atoms with van der Waals surface area (Å²) >= 11 is 0. The lowest BCUT2D eigenvalue weighted by Gasteiger charge is -2.31. The Labute approximate surface area is 316 Å². The lowest BCUT2D eigenvalue weighted by molar-refractivity contribution is 0.420. The van der Waals surface area contributed by atoms with E-state index in [2.05, 4.69) is 158 Å². The summed E-state index contributed by atoms with van der Waals surface area (Å²) in [4.78, 5) is 2.56. The van der Waals surface area contributed by atoms with Crippen molar-refractivity contribution in [1.82, 2.24) is 0 Å². The molecule has 1 nitrogen and oxygen atoms in total. The third kappa shape index (κ3) is 5.67. The number of benzene rings is 6. The summed E-state index contributed by atoms with van der Waals surface area (Å²) in [5.41, 5.74) is 17.4. The molecule has 53 heavy (non-hydrogen) atoms. The molecule has 4 aliphatic carbocycles. The van der Waals surface area contributed by atoms with E-state index in [4.69, 9.17) is 0 Å². The predicted octanol–water partition coefficient (Wildman–Crippen LogP) is 14.7. The lowest BCUT2D eigenvalue weighted by Crippen LogP contribution is -2.17. The molecule has 0 N–H and O–H groups in total. The first-order valence-electron chi connectivity index (χ1n) is 20.5. The van der Waals surface area contributed by atoms with E-state index in [1.165, 1.54) is 130 Å². The maximum absolute atomic E-state index is 2.56. The highest BCUT2D eigenvalue weighted by molar-refractivity contribution is 5.92. The smallest absolute Gasteiger partial charge is 0.0540 e. The summed E-state index contributed by atoms with van der Waals surface area (Å²) in [6.07, 6.45) is 12.3. The molecule has 0 aromatic heterocycles. The predicted molar refractivity (Wildman–Crippen MR) is 224 cm³/mol. The van der Waals surface area contributed by atoms with Gasteiger partial charge in [-0.3, -0.25) is 0 Å². The topological polar surface area (TPSA) is 3.24 Å². The van der Waals surface area contributed by atoms with E-state index in [1.807, 2.05) is 0 Å². The van der Waals surface area contributed by atoms with Crippen molar-refractivity contribution >= 4 is 17.1 Å². The van der Waals surface area contributed by atoms with Crippen LogP contribution in [0.25, 0.3) is 33.4 Å². The average molecular weight is 690 g/mol. The quantitative estimate of drug-likeness (QED) is 0.161. The van der Waals surface area contributed by atoms with Crippen LogP contribution in [0.5, 0.6) is 0 Å². The molecule has 3 saturated carbocycles. The van der Waals surface area contributed by atoms with Gasteiger partial charge in [0.15, 0.2) is 0 Å². The van der Waals surface area contributed by atoms with Crippen molar-refractivity contribution in [3.8, 4) is 33.4 Å². The molecule has 1 heteroatoms. The SMILES string of the molecule is CC1(C)c2ccc(-c3ccccc3)cc2-c2ccc(N(c3ccc(C4CC5CCC4C5)cc3)c3ccccc3-c3ccccc3C3CCCCC3)cc21. The Morgan fingerprint density at radius 2 is 1.25 bits per heavy atom. The molecule has 3 fully saturated rings. The van der Waals surface area contributed by atoms with E-state index in [-0.39, 0.29) is 5.41 Å². The van der Waals surface area contributed by atoms with E-state index in [0.717, 1.165) is 17.8 Å². The van der Waals surface area contributed by atoms with Crippen molar-refractivity contribution in [2.45, 2.75) is 88.9 Å². The standard InChI is InChI=1S/C52H51N/c1-52(2)49-30-25-39(36-13-5-3-6-14-36)33-48(49)45-29-28-42(34-50(45)52)53(41-26-23-38(24-27-41)47-32-35-21-22-40(47)31-35)51-20-12-11-19-46(51)44-18-10-9-17-43(44)37-15-7-4-8-16-37/h3,5-6,9-14,17-20,23-30,33-35,37,40,47H,4,7-8,15-16,21-22,31-32H2,1-2H3. The van der Waals surface area contributed by atoms with Crippen molar-refractivity contribution < 1.29 is 0 Å². The third-order valence-electron chi connectivity index (χ3n) is 13.8. The molecular formula is C52H51N. The monoisotopic (exact) mass is 689 g/mol. The first kappa shape index (κ1) is 32.7. The highest BCUT2D eigenvalue weighted by atomic mass is 15.1. The number of hydrogen-bond donors (Lipinski definition) is 0. The van der Waals surface area contributed by atoms with Gasteiger partial charge in [-0.05, 0) is 142 Å². The van der Waals surface area contributed by atoms with Crippen LogP contribution in [-0.4, -0.2) is 0 Å². The number of anilines is 3. The molecule has 0 heterocycles. The summed E-state index contributed by atoms with van der Waals surface area (Å²) in [6, 6.07) is 53.5. The maximum atomic E-state index is 2.56. The molecule has 3 unspecified atom stereocenters. The number of fused-ring (bicyclic) bond motifs is 5. The molecule has 2 bridgehead atoms. The van der Waals surface area contributed by atoms with E-state index in [1.54, 1.807) is 0 Å². The molecule has 264 valence electrons. The van der Waals surface area contributed by atoms with Gasteiger partial charge >= 0.3 is 0 Å². The second-order valence-corrected chi connectivity index (χ2v) is 17.1. The largest absolute Gasteiger partial charge is 0.310 e. The molecule has 0 saturated heterocycles. The van der Waals surface area contributed by atoms with Crippen molar-refractivity contribution in [3.05, 3.63) is 162 Å². The Morgan fingerprint density at radius 1 is 0.509 bits per heavy atom. The number of para-hydroxylation sites is 1. The van der Waals surface area contributed by atoms with Crippen LogP contribution < -0.4 is 4.90 Å². The van der Waals surface area contributed by atoms with Gasteiger partial charge in [-0.25, -0.2) is 0 Å². The van der Waals surface area contributed by atoms with Crippen LogP contribution in [0.4, 0.5) is 17.1 Å². The number of rotatable bonds is 7. The second-order valence-electron chi connectivity index (χ2n) is 17.1. The minimum atomic E-state index is -0.111. The van der Waals surface area contributed by atoms with Crippen LogP contribution in [0.2, 0.25) is 0 Å². The molecule has 4 aliphatic rings. The third-order valence-corrected chi connectivity index (χ3v) is 13.8. The summed E-state index contributed by atoms with van der Waals surface area (Å²) in [5.74, 6) is 3.18. The molecule has 0 radical (unpaired) electrons. The fraction of sp³-hybridized carbons (Fsp3) is 0.308. The van der Waals surface area contributed by atoms with Crippen molar-refractivity contribution in [1.29, 1.82) is 0 Å². The molecular weight excluding hydrogens is 639 g/mol. The maximum Gasteiger partial charge on any atom is 0.0540 e. The van der Waals surface area contributed by atoms with Crippen molar-refractivity contribution in [2.75, 3.05) is 4.90 Å². The molecule has 0 aliphatic heterocycles. The van der Waals surface area contributed by atoms with Crippen LogP contribution >= 0.6 is 0 Å². The van der Waals surface area contributed by atoms with Crippen LogP contribution in [0.3, 0.4) is 0 Å². The molecule has 0 amide bonds. The zero-order valence-electron chi connectivity index (χ0n) is 31.4. The van der Waals surface area contributed by atoms with Gasteiger partial charge in [-0.15, -0.1) is 0 Å². The van der Waals surface area contributed by atoms with E-state index < -0.39 is 0 Å². The Hall–Kier alpha value is -4.88. The van der Waals surface area contributed by atoms with Gasteiger partial charge in [0.1, 0.15) is 0 Å². The zero-order valence-corrected chi connectivity index (χ0v) is 31.4. The number of hydrogen-bond acceptors (Lipinski definition) is 1.